The lowest BCUT2D eigenvalue weighted by Gasteiger charge is -2.71. The quantitative estimate of drug-likeness (QED) is 0.0795. The van der Waals surface area contributed by atoms with Gasteiger partial charge in [-0.3, -0.25) is 4.79 Å². The average molecular weight is 1250 g/mol. The Morgan fingerprint density at radius 3 is 2.15 bits per heavy atom. The van der Waals surface area contributed by atoms with Crippen molar-refractivity contribution >= 4 is 22.7 Å². The second-order valence-electron chi connectivity index (χ2n) is 33.6. The Kier molecular flexibility index (Phi) is 16.3. The Morgan fingerprint density at radius 2 is 1.39 bits per heavy atom. The molecule has 7 nitrogen and oxygen atoms in total. The molecule has 5 aromatic rings. The van der Waals surface area contributed by atoms with Crippen LogP contribution in [0.3, 0.4) is 0 Å². The van der Waals surface area contributed by atoms with Gasteiger partial charge in [0.2, 0.25) is 0 Å². The van der Waals surface area contributed by atoms with Gasteiger partial charge < -0.3 is 24.8 Å². The van der Waals surface area contributed by atoms with Gasteiger partial charge in [0.25, 0.3) is 0 Å². The molecule has 7 fully saturated rings. The summed E-state index contributed by atoms with van der Waals surface area (Å²) >= 11 is 0. The molecule has 0 amide bonds. The van der Waals surface area contributed by atoms with E-state index in [4.69, 9.17) is 9.47 Å². The number of hydrogen-bond donors (Lipinski definition) is 3. The summed E-state index contributed by atoms with van der Waals surface area (Å²) in [7, 11) is 0. The van der Waals surface area contributed by atoms with Crippen molar-refractivity contribution in [2.24, 2.45) is 69.5 Å². The summed E-state index contributed by atoms with van der Waals surface area (Å²) in [6.45, 7) is 7.16. The standard InChI is InChI=1S/C86H106O7/c1-55(20-18-23-57-21-8-4-9-22-57)48-61-32-31-59-33-35-66(82(41-15-7-16-42-82)63-25-10-5-11-26-63)51-69(59)80(90)93-72-49-56(2)85(91,47-37-58-50-74(88)92-54-58)86(79(61)89)73(87)40-44-81(3,78(72)86)65-39-46-83-45-38-62-53-84(64-27-12-6-13-28-64)43-17-14-30-70(84)68-36-34-60-24-19-29-67(71(83)52-65)75(60)76(68)77(62)83/h4-6,8-13,19,21-22,24-29,31-32,34,36,50,55-56,59,61-62,65-66,69-73,77-79,87,89,91H,7,14-18,20,23,30,33,35,37-49,51-54H2,1-3H3. The van der Waals surface area contributed by atoms with Crippen LogP contribution < -0.4 is 0 Å². The van der Waals surface area contributed by atoms with Crippen LogP contribution in [-0.4, -0.2) is 57.8 Å². The molecule has 3 N–H and O–H groups in total. The topological polar surface area (TPSA) is 113 Å². The fourth-order valence-corrected chi connectivity index (χ4v) is 25.7. The maximum Gasteiger partial charge on any atom is 0.331 e. The Morgan fingerprint density at radius 1 is 0.656 bits per heavy atom. The predicted molar refractivity (Wildman–Crippen MR) is 369 cm³/mol. The van der Waals surface area contributed by atoms with Crippen LogP contribution >= 0.6 is 0 Å². The van der Waals surface area contributed by atoms with Gasteiger partial charge in [-0.05, 0) is 254 Å². The number of esters is 2. The molecule has 11 aliphatic rings. The van der Waals surface area contributed by atoms with Gasteiger partial charge in [-0.1, -0.05) is 193 Å². The molecular weight excluding hydrogens is 1140 g/mol. The van der Waals surface area contributed by atoms with Crippen molar-refractivity contribution in [3.8, 4) is 0 Å². The van der Waals surface area contributed by atoms with Crippen molar-refractivity contribution in [3.63, 3.8) is 0 Å². The van der Waals surface area contributed by atoms with Gasteiger partial charge >= 0.3 is 11.9 Å². The number of carbonyl (C=O) groups is 2. The molecule has 93 heavy (non-hydrogen) atoms. The number of cyclic esters (lactones) is 1. The number of allylic oxidation sites excluding steroid dienone is 1. The molecule has 16 rings (SSSR count). The third kappa shape index (κ3) is 9.89. The highest BCUT2D eigenvalue weighted by molar-refractivity contribution is 5.93. The molecule has 0 radical (unpaired) electrons. The zero-order chi connectivity index (χ0) is 63.5. The van der Waals surface area contributed by atoms with Crippen molar-refractivity contribution in [2.75, 3.05) is 6.61 Å². The van der Waals surface area contributed by atoms with E-state index in [1.807, 2.05) is 0 Å². The smallest absolute Gasteiger partial charge is 0.331 e. The van der Waals surface area contributed by atoms with Crippen LogP contribution in [0.25, 0.3) is 10.8 Å². The number of aliphatic hydroxyl groups excluding tert-OH is 2. The number of hydrogen-bond acceptors (Lipinski definition) is 7. The highest BCUT2D eigenvalue weighted by atomic mass is 16.5. The van der Waals surface area contributed by atoms with Crippen LogP contribution in [0.1, 0.15) is 239 Å². The maximum absolute atomic E-state index is 16.4. The van der Waals surface area contributed by atoms with Gasteiger partial charge in [-0.25, -0.2) is 4.79 Å². The number of benzene rings is 5. The lowest BCUT2D eigenvalue weighted by atomic mass is 9.36. The summed E-state index contributed by atoms with van der Waals surface area (Å²) < 4.78 is 13.2. The lowest BCUT2D eigenvalue weighted by molar-refractivity contribution is -0.332. The normalized spacial score (nSPS) is 40.2. The summed E-state index contributed by atoms with van der Waals surface area (Å²) in [5.74, 6) is 0.218. The van der Waals surface area contributed by atoms with E-state index in [0.717, 1.165) is 76.2 Å². The number of aliphatic hydroxyl groups is 3. The Bertz CT molecular complexity index is 3620. The molecule has 9 aliphatic carbocycles. The molecule has 2 heterocycles. The van der Waals surface area contributed by atoms with Gasteiger partial charge in [0.1, 0.15) is 12.7 Å². The minimum atomic E-state index is -1.61. The average Bonchev–Trinajstić information content (AvgIpc) is 1.52. The van der Waals surface area contributed by atoms with Crippen LogP contribution in [0.5, 0.6) is 0 Å². The molecule has 5 aromatic carbocycles. The van der Waals surface area contributed by atoms with Gasteiger partial charge in [0.05, 0.1) is 29.1 Å². The van der Waals surface area contributed by atoms with Crippen LogP contribution in [0.2, 0.25) is 0 Å². The number of rotatable bonds is 13. The van der Waals surface area contributed by atoms with E-state index >= 15 is 4.79 Å². The Balaban J connectivity index is 0.828. The Hall–Kier alpha value is -5.34. The Labute approximate surface area is 555 Å². The molecule has 7 saturated carbocycles. The zero-order valence-corrected chi connectivity index (χ0v) is 56.2. The monoisotopic (exact) mass is 1250 g/mol. The van der Waals surface area contributed by atoms with Crippen molar-refractivity contribution in [1.29, 1.82) is 0 Å². The zero-order valence-electron chi connectivity index (χ0n) is 56.2. The highest BCUT2D eigenvalue weighted by Crippen LogP contribution is 2.77. The molecule has 2 aliphatic heterocycles. The number of aryl methyl sites for hydroxylation is 1. The second-order valence-corrected chi connectivity index (χ2v) is 33.6. The minimum absolute atomic E-state index is 0.00244. The van der Waals surface area contributed by atoms with E-state index in [-0.39, 0.29) is 64.9 Å². The number of fused-ring (bicyclic) bond motifs is 4. The van der Waals surface area contributed by atoms with E-state index in [1.165, 1.54) is 80.7 Å². The van der Waals surface area contributed by atoms with Crippen LogP contribution in [-0.2, 0) is 36.3 Å². The third-order valence-corrected chi connectivity index (χ3v) is 29.7. The molecule has 0 saturated heterocycles. The first-order valence-corrected chi connectivity index (χ1v) is 37.7. The van der Waals surface area contributed by atoms with E-state index in [1.54, 1.807) is 33.7 Å². The molecular formula is C86H106O7. The van der Waals surface area contributed by atoms with E-state index in [2.05, 4.69) is 154 Å². The first-order chi connectivity index (χ1) is 45.2. The lowest BCUT2D eigenvalue weighted by Crippen LogP contribution is -2.77. The molecule has 492 valence electrons. The van der Waals surface area contributed by atoms with Crippen LogP contribution in [0, 0.1) is 69.5 Å². The van der Waals surface area contributed by atoms with E-state index in [0.29, 0.717) is 61.7 Å². The van der Waals surface area contributed by atoms with Gasteiger partial charge in [-0.2, -0.15) is 0 Å². The third-order valence-electron chi connectivity index (χ3n) is 29.7. The molecule has 0 aromatic heterocycles. The fraction of sp³-hybridized carbons (Fsp3) is 0.605. The molecule has 1 spiro atoms. The predicted octanol–water partition coefficient (Wildman–Crippen LogP) is 18.5. The minimum Gasteiger partial charge on any atom is -0.462 e. The summed E-state index contributed by atoms with van der Waals surface area (Å²) in [5.41, 5.74) is 6.58. The summed E-state index contributed by atoms with van der Waals surface area (Å²) in [5, 5.41) is 46.5. The van der Waals surface area contributed by atoms with Crippen molar-refractivity contribution in [3.05, 3.63) is 179 Å². The molecule has 2 bridgehead atoms. The van der Waals surface area contributed by atoms with Crippen molar-refractivity contribution in [1.82, 2.24) is 0 Å². The largest absolute Gasteiger partial charge is 0.462 e. The van der Waals surface area contributed by atoms with Crippen molar-refractivity contribution < 1.29 is 34.4 Å². The summed E-state index contributed by atoms with van der Waals surface area (Å²) in [4.78, 5) is 29.2. The maximum atomic E-state index is 16.4. The highest BCUT2D eigenvalue weighted by Gasteiger charge is 2.76. The SMILES string of the molecule is CC(CCCc1ccccc1)CC1C=CC2CCC(C3(c4ccccc4)CCCCC3)CC2C(=O)OC2CC(C)C(O)(CCC3=CC(=O)OC3)C3(C(O)CCC(C)(C4CCC56CCC7CC8(c9ccccc9)CCCCC8c8ccc9cccc(c9c8C75)C6C4)C23)C1O. The number of carbonyl (C=O) groups excluding carboxylic acids is 2. The first-order valence-electron chi connectivity index (χ1n) is 37.7. The van der Waals surface area contributed by atoms with Gasteiger partial charge in [0, 0.05) is 23.3 Å². The van der Waals surface area contributed by atoms with E-state index < -0.39 is 52.5 Å². The van der Waals surface area contributed by atoms with Crippen LogP contribution in [0.4, 0.5) is 0 Å². The number of ether oxygens (including phenoxy) is 2. The van der Waals surface area contributed by atoms with Gasteiger partial charge in [0.15, 0.2) is 0 Å². The molecule has 20 atom stereocenters. The molecule has 7 heteroatoms. The fourth-order valence-electron chi connectivity index (χ4n) is 25.7. The van der Waals surface area contributed by atoms with Gasteiger partial charge in [-0.15, -0.1) is 0 Å². The van der Waals surface area contributed by atoms with E-state index in [9.17, 15) is 20.1 Å². The first kappa shape index (κ1) is 62.5. The summed E-state index contributed by atoms with van der Waals surface area (Å²) in [6, 6.07) is 46.2. The second kappa shape index (κ2) is 24.3. The molecule has 20 unspecified atom stereocenters. The van der Waals surface area contributed by atoms with Crippen molar-refractivity contribution in [2.45, 2.75) is 247 Å². The van der Waals surface area contributed by atoms with Crippen LogP contribution in [0.15, 0.2) is 145 Å². The summed E-state index contributed by atoms with van der Waals surface area (Å²) in [6.07, 6.45) is 29.7.